The molecule has 0 aromatic carbocycles. The lowest BCUT2D eigenvalue weighted by molar-refractivity contribution is 0.143. The first kappa shape index (κ1) is 63.0. The number of rotatable bonds is 13. The van der Waals surface area contributed by atoms with Gasteiger partial charge in [-0.3, -0.25) is 0 Å². The average molecular weight is 1030 g/mol. The standard InChI is InChI=1S/C39H50N2OSi.C30H30N2O/c1-11-13-15-36(20-23-37-21-18-34(29-40-37)24-26-39(9,10)42)35(14-12-2)19-16-33-17-22-38(41-28-33)25-27-43(30(3)4,31(5)6)32(7)8;1-6-9-11-27(16-19-29-18-14-25(23-32-29)20-21-30(4,5)33)26(10-7-2)15-12-24-13-17-28(8-3)31-22-24/h17-18,21-22,28-32,42H,11-15H2,1-10H3;3,13-14,17-18,22-23,33H,6-7,9-11H2,1-2,4-5H3/b36-35+;27-26+. The Balaban J connectivity index is 0.000000414. The quantitative estimate of drug-likeness (QED) is 0.102. The molecule has 0 aliphatic heterocycles. The molecule has 0 fully saturated rings. The van der Waals surface area contributed by atoms with Gasteiger partial charge in [-0.05, 0) is 143 Å². The Morgan fingerprint density at radius 1 is 0.447 bits per heavy atom. The first-order chi connectivity index (χ1) is 36.2. The predicted molar refractivity (Wildman–Crippen MR) is 320 cm³/mol. The summed E-state index contributed by atoms with van der Waals surface area (Å²) in [6, 6.07) is 15.2. The van der Waals surface area contributed by atoms with Crippen LogP contribution in [0.25, 0.3) is 0 Å². The van der Waals surface area contributed by atoms with Gasteiger partial charge in [0.15, 0.2) is 0 Å². The minimum absolute atomic E-state index is 0.591. The van der Waals surface area contributed by atoms with E-state index >= 15 is 0 Å². The number of aliphatic hydroxyl groups is 2. The largest absolute Gasteiger partial charge is 0.378 e. The minimum Gasteiger partial charge on any atom is -0.378 e. The number of hydrogen-bond acceptors (Lipinski definition) is 6. The molecule has 392 valence electrons. The van der Waals surface area contributed by atoms with Crippen LogP contribution in [0.5, 0.6) is 0 Å². The Kier molecular flexibility index (Phi) is 26.7. The Morgan fingerprint density at radius 3 is 1.05 bits per heavy atom. The van der Waals surface area contributed by atoms with Crippen molar-refractivity contribution in [1.29, 1.82) is 0 Å². The van der Waals surface area contributed by atoms with Crippen LogP contribution in [0.1, 0.15) is 206 Å². The zero-order valence-electron chi connectivity index (χ0n) is 48.0. The fourth-order valence-corrected chi connectivity index (χ4v) is 13.4. The van der Waals surface area contributed by atoms with Gasteiger partial charge in [-0.1, -0.05) is 166 Å². The van der Waals surface area contributed by atoms with Crippen molar-refractivity contribution in [3.05, 3.63) is 141 Å². The summed E-state index contributed by atoms with van der Waals surface area (Å²) >= 11 is 0. The van der Waals surface area contributed by atoms with Gasteiger partial charge in [0, 0.05) is 69.3 Å². The van der Waals surface area contributed by atoms with Crippen LogP contribution in [0.3, 0.4) is 0 Å². The highest BCUT2D eigenvalue weighted by atomic mass is 28.3. The molecule has 76 heavy (non-hydrogen) atoms. The monoisotopic (exact) mass is 1020 g/mol. The molecule has 0 aliphatic rings. The molecule has 0 saturated carbocycles. The van der Waals surface area contributed by atoms with Crippen molar-refractivity contribution in [2.24, 2.45) is 0 Å². The third-order valence-corrected chi connectivity index (χ3v) is 18.5. The first-order valence-electron chi connectivity index (χ1n) is 27.0. The number of allylic oxidation sites excluding steroid dienone is 4. The Labute approximate surface area is 460 Å². The lowest BCUT2D eigenvalue weighted by Gasteiger charge is -2.38. The van der Waals surface area contributed by atoms with E-state index in [1.54, 1.807) is 52.4 Å². The van der Waals surface area contributed by atoms with E-state index in [-0.39, 0.29) is 0 Å². The van der Waals surface area contributed by atoms with Crippen LogP contribution in [0.4, 0.5) is 0 Å². The molecule has 7 heteroatoms. The summed E-state index contributed by atoms with van der Waals surface area (Å²) in [5, 5.41) is 19.6. The molecule has 6 nitrogen and oxygen atoms in total. The first-order valence-corrected chi connectivity index (χ1v) is 29.3. The third kappa shape index (κ3) is 22.7. The van der Waals surface area contributed by atoms with E-state index < -0.39 is 19.3 Å². The summed E-state index contributed by atoms with van der Waals surface area (Å²) in [4.78, 5) is 17.7. The van der Waals surface area contributed by atoms with E-state index in [1.807, 2.05) is 48.7 Å². The molecule has 0 saturated heterocycles. The van der Waals surface area contributed by atoms with Gasteiger partial charge in [0.25, 0.3) is 0 Å². The van der Waals surface area contributed by atoms with E-state index in [9.17, 15) is 10.2 Å². The molecule has 0 atom stereocenters. The number of pyridine rings is 4. The number of aromatic nitrogens is 4. The summed E-state index contributed by atoms with van der Waals surface area (Å²) in [6.07, 6.45) is 22.1. The lowest BCUT2D eigenvalue weighted by Crippen LogP contribution is -2.43. The highest BCUT2D eigenvalue weighted by Crippen LogP contribution is 2.40. The van der Waals surface area contributed by atoms with Crippen molar-refractivity contribution in [1.82, 2.24) is 19.9 Å². The maximum Gasteiger partial charge on any atom is 0.146 e. The summed E-state index contributed by atoms with van der Waals surface area (Å²) in [7, 11) is -1.80. The molecule has 0 aliphatic carbocycles. The van der Waals surface area contributed by atoms with Gasteiger partial charge in [0.2, 0.25) is 0 Å². The topological polar surface area (TPSA) is 92.0 Å². The molecular weight excluding hydrogens is 945 g/mol. The molecule has 0 amide bonds. The van der Waals surface area contributed by atoms with Crippen molar-refractivity contribution in [3.8, 4) is 94.9 Å². The van der Waals surface area contributed by atoms with E-state index in [0.29, 0.717) is 33.7 Å². The Hall–Kier alpha value is -7.30. The summed E-state index contributed by atoms with van der Waals surface area (Å²) < 4.78 is 0. The van der Waals surface area contributed by atoms with Crippen LogP contribution >= 0.6 is 0 Å². The fraction of sp³-hybridized carbons (Fsp3) is 0.420. The summed E-state index contributed by atoms with van der Waals surface area (Å²) in [5.74, 6) is 43.9. The Morgan fingerprint density at radius 2 is 0.763 bits per heavy atom. The molecule has 0 unspecified atom stereocenters. The summed E-state index contributed by atoms with van der Waals surface area (Å²) in [6.45, 7) is 29.3. The molecule has 2 N–H and O–H groups in total. The van der Waals surface area contributed by atoms with Crippen LogP contribution < -0.4 is 0 Å². The Bertz CT molecular complexity index is 3070. The lowest BCUT2D eigenvalue weighted by atomic mass is 9.99. The highest BCUT2D eigenvalue weighted by molar-refractivity contribution is 6.90. The fourth-order valence-electron chi connectivity index (χ4n) is 8.17. The van der Waals surface area contributed by atoms with Crippen molar-refractivity contribution in [2.45, 2.75) is 189 Å². The highest BCUT2D eigenvalue weighted by Gasteiger charge is 2.41. The predicted octanol–water partition coefficient (Wildman–Crippen LogP) is 14.1. The minimum atomic E-state index is -1.80. The number of nitrogens with zero attached hydrogens (tertiary/aromatic N) is 4. The smallest absolute Gasteiger partial charge is 0.146 e. The van der Waals surface area contributed by atoms with E-state index in [4.69, 9.17) is 6.42 Å². The van der Waals surface area contributed by atoms with Crippen molar-refractivity contribution in [3.63, 3.8) is 0 Å². The van der Waals surface area contributed by atoms with Crippen LogP contribution in [-0.2, 0) is 0 Å². The average Bonchev–Trinajstić information content (AvgIpc) is 3.38. The molecule has 0 spiro atoms. The van der Waals surface area contributed by atoms with Crippen molar-refractivity contribution >= 4 is 8.07 Å². The van der Waals surface area contributed by atoms with Gasteiger partial charge in [-0.25, -0.2) is 19.9 Å². The van der Waals surface area contributed by atoms with Gasteiger partial charge in [-0.2, -0.15) is 0 Å². The molecule has 0 radical (unpaired) electrons. The summed E-state index contributed by atoms with van der Waals surface area (Å²) in [5.41, 5.74) is 13.7. The van der Waals surface area contributed by atoms with Gasteiger partial charge in [0.05, 0.1) is 0 Å². The van der Waals surface area contributed by atoms with Gasteiger partial charge in [0.1, 0.15) is 42.1 Å². The zero-order valence-corrected chi connectivity index (χ0v) is 49.0. The number of hydrogen-bond donors (Lipinski definition) is 2. The van der Waals surface area contributed by atoms with Crippen molar-refractivity contribution < 1.29 is 10.2 Å². The molecule has 0 bridgehead atoms. The normalized spacial score (nSPS) is 11.4. The third-order valence-electron chi connectivity index (χ3n) is 12.2. The zero-order chi connectivity index (χ0) is 56.2. The number of terminal acetylenes is 1. The van der Waals surface area contributed by atoms with Crippen LogP contribution in [0.2, 0.25) is 16.6 Å². The van der Waals surface area contributed by atoms with Gasteiger partial charge >= 0.3 is 0 Å². The molecule has 4 rings (SSSR count). The van der Waals surface area contributed by atoms with Gasteiger partial charge in [-0.15, -0.1) is 12.0 Å². The van der Waals surface area contributed by atoms with E-state index in [0.717, 1.165) is 114 Å². The van der Waals surface area contributed by atoms with Crippen LogP contribution in [0, 0.1) is 94.9 Å². The van der Waals surface area contributed by atoms with Crippen LogP contribution in [-0.4, -0.2) is 49.4 Å². The van der Waals surface area contributed by atoms with Crippen molar-refractivity contribution in [2.75, 3.05) is 0 Å². The van der Waals surface area contributed by atoms with E-state index in [2.05, 4.69) is 178 Å². The second-order valence-electron chi connectivity index (χ2n) is 20.8. The maximum atomic E-state index is 9.83. The maximum absolute atomic E-state index is 9.83. The van der Waals surface area contributed by atoms with Crippen LogP contribution in [0.15, 0.2) is 95.6 Å². The number of unbranched alkanes of at least 4 members (excludes halogenated alkanes) is 2. The van der Waals surface area contributed by atoms with Gasteiger partial charge < -0.3 is 10.2 Å². The molecule has 4 aromatic heterocycles. The van der Waals surface area contributed by atoms with E-state index in [1.165, 1.54) is 0 Å². The SMILES string of the molecule is C#Cc1ccc(C#C/C(CCC)=C(/C#Cc2ccc(C#CC(C)(C)O)cn2)CCCC)cn1.CCCC/C(C#Cc1ccc(C#CC(C)(C)O)cn1)=C(\C#Cc1ccc(C#C[Si](C(C)C)(C(C)C)C(C)C)nc1)CCC. The molecular formula is C69H80N4O2Si. The molecule has 4 heterocycles. The second kappa shape index (κ2) is 32.2. The molecule has 4 aromatic rings. The second-order valence-corrected chi connectivity index (χ2v) is 26.3.